The predicted molar refractivity (Wildman–Crippen MR) is 82.1 cm³/mol. The van der Waals surface area contributed by atoms with Crippen molar-refractivity contribution in [1.82, 2.24) is 10.6 Å². The maximum absolute atomic E-state index is 12.4. The standard InChI is InChI=1S/C16H24N2O3/c1-17-11-7-9-12(10-8-11)18-16(19)13-5-4-6-14(20-2)15(13)21-3/h4-6,11-12,17H,7-10H2,1-3H3,(H,18,19). The third-order valence-electron chi connectivity index (χ3n) is 4.12. The Morgan fingerprint density at radius 2 is 1.76 bits per heavy atom. The largest absolute Gasteiger partial charge is 0.493 e. The van der Waals surface area contributed by atoms with Gasteiger partial charge in [0, 0.05) is 12.1 Å². The van der Waals surface area contributed by atoms with Crippen LogP contribution in [0.4, 0.5) is 0 Å². The molecule has 0 radical (unpaired) electrons. The van der Waals surface area contributed by atoms with Crippen molar-refractivity contribution in [3.05, 3.63) is 23.8 Å². The van der Waals surface area contributed by atoms with Gasteiger partial charge in [-0.05, 0) is 44.9 Å². The normalized spacial score (nSPS) is 21.7. The maximum atomic E-state index is 12.4. The van der Waals surface area contributed by atoms with Gasteiger partial charge in [-0.15, -0.1) is 0 Å². The Balaban J connectivity index is 2.04. The molecule has 0 bridgehead atoms. The number of para-hydroxylation sites is 1. The summed E-state index contributed by atoms with van der Waals surface area (Å²) in [5.41, 5.74) is 0.521. The lowest BCUT2D eigenvalue weighted by Gasteiger charge is -2.29. The monoisotopic (exact) mass is 292 g/mol. The molecule has 0 atom stereocenters. The summed E-state index contributed by atoms with van der Waals surface area (Å²) in [5, 5.41) is 6.40. The van der Waals surface area contributed by atoms with Crippen LogP contribution in [0.2, 0.25) is 0 Å². The fraction of sp³-hybridized carbons (Fsp3) is 0.562. The summed E-state index contributed by atoms with van der Waals surface area (Å²) < 4.78 is 10.5. The summed E-state index contributed by atoms with van der Waals surface area (Å²) in [6.07, 6.45) is 4.19. The number of carbonyl (C=O) groups is 1. The minimum atomic E-state index is -0.0985. The van der Waals surface area contributed by atoms with Crippen LogP contribution in [0.25, 0.3) is 0 Å². The summed E-state index contributed by atoms with van der Waals surface area (Å²) in [4.78, 5) is 12.4. The van der Waals surface area contributed by atoms with Gasteiger partial charge in [-0.25, -0.2) is 0 Å². The van der Waals surface area contributed by atoms with Crippen molar-refractivity contribution in [2.75, 3.05) is 21.3 Å². The van der Waals surface area contributed by atoms with Crippen LogP contribution in [0.1, 0.15) is 36.0 Å². The first kappa shape index (κ1) is 15.6. The molecule has 0 spiro atoms. The van der Waals surface area contributed by atoms with E-state index >= 15 is 0 Å². The average molecular weight is 292 g/mol. The smallest absolute Gasteiger partial charge is 0.255 e. The van der Waals surface area contributed by atoms with Crippen molar-refractivity contribution in [3.63, 3.8) is 0 Å². The van der Waals surface area contributed by atoms with E-state index in [4.69, 9.17) is 9.47 Å². The van der Waals surface area contributed by atoms with E-state index in [2.05, 4.69) is 10.6 Å². The molecule has 116 valence electrons. The van der Waals surface area contributed by atoms with Crippen LogP contribution in [0.5, 0.6) is 11.5 Å². The van der Waals surface area contributed by atoms with E-state index in [0.29, 0.717) is 23.1 Å². The molecule has 21 heavy (non-hydrogen) atoms. The van der Waals surface area contributed by atoms with Crippen LogP contribution in [-0.4, -0.2) is 39.3 Å². The highest BCUT2D eigenvalue weighted by Gasteiger charge is 2.23. The summed E-state index contributed by atoms with van der Waals surface area (Å²) >= 11 is 0. The van der Waals surface area contributed by atoms with Gasteiger partial charge in [0.15, 0.2) is 11.5 Å². The Kier molecular flexibility index (Phi) is 5.44. The SMILES string of the molecule is CNC1CCC(NC(=O)c2cccc(OC)c2OC)CC1. The first-order valence-corrected chi connectivity index (χ1v) is 7.38. The molecule has 0 heterocycles. The topological polar surface area (TPSA) is 59.6 Å². The number of rotatable bonds is 5. The molecule has 1 aromatic rings. The van der Waals surface area contributed by atoms with Crippen molar-refractivity contribution in [2.24, 2.45) is 0 Å². The Morgan fingerprint density at radius 3 is 2.33 bits per heavy atom. The van der Waals surface area contributed by atoms with Gasteiger partial charge in [-0.1, -0.05) is 6.07 Å². The lowest BCUT2D eigenvalue weighted by Crippen LogP contribution is -2.41. The molecule has 5 heteroatoms. The molecule has 2 N–H and O–H groups in total. The van der Waals surface area contributed by atoms with Crippen LogP contribution in [0.3, 0.4) is 0 Å². The molecule has 1 fully saturated rings. The van der Waals surface area contributed by atoms with E-state index in [1.807, 2.05) is 7.05 Å². The molecule has 0 unspecified atom stereocenters. The quantitative estimate of drug-likeness (QED) is 0.871. The zero-order valence-corrected chi connectivity index (χ0v) is 12.9. The van der Waals surface area contributed by atoms with Crippen LogP contribution in [-0.2, 0) is 0 Å². The van der Waals surface area contributed by atoms with Crippen molar-refractivity contribution < 1.29 is 14.3 Å². The van der Waals surface area contributed by atoms with Gasteiger partial charge in [0.05, 0.1) is 19.8 Å². The van der Waals surface area contributed by atoms with Gasteiger partial charge in [0.25, 0.3) is 5.91 Å². The molecule has 2 rings (SSSR count). The number of hydrogen-bond acceptors (Lipinski definition) is 4. The second-order valence-electron chi connectivity index (χ2n) is 5.35. The molecular weight excluding hydrogens is 268 g/mol. The van der Waals surface area contributed by atoms with E-state index in [-0.39, 0.29) is 11.9 Å². The predicted octanol–water partition coefficient (Wildman–Crippen LogP) is 1.96. The Bertz CT molecular complexity index is 482. The van der Waals surface area contributed by atoms with Crippen molar-refractivity contribution in [2.45, 2.75) is 37.8 Å². The number of hydrogen-bond donors (Lipinski definition) is 2. The molecule has 0 aliphatic heterocycles. The van der Waals surface area contributed by atoms with Crippen molar-refractivity contribution >= 4 is 5.91 Å². The molecule has 1 saturated carbocycles. The zero-order valence-electron chi connectivity index (χ0n) is 12.9. The molecule has 1 amide bonds. The summed E-state index contributed by atoms with van der Waals surface area (Å²) in [6, 6.07) is 6.15. The lowest BCUT2D eigenvalue weighted by molar-refractivity contribution is 0.0921. The van der Waals surface area contributed by atoms with Gasteiger partial charge in [0.1, 0.15) is 0 Å². The molecule has 1 aliphatic rings. The first-order chi connectivity index (χ1) is 10.2. The van der Waals surface area contributed by atoms with Crippen LogP contribution < -0.4 is 20.1 Å². The van der Waals surface area contributed by atoms with E-state index in [9.17, 15) is 4.79 Å². The Morgan fingerprint density at radius 1 is 1.10 bits per heavy atom. The van der Waals surface area contributed by atoms with E-state index in [1.165, 1.54) is 0 Å². The Labute approximate surface area is 126 Å². The number of carbonyl (C=O) groups excluding carboxylic acids is 1. The second-order valence-corrected chi connectivity index (χ2v) is 5.35. The molecule has 1 aromatic carbocycles. The summed E-state index contributed by atoms with van der Waals surface area (Å²) in [7, 11) is 5.11. The highest BCUT2D eigenvalue weighted by atomic mass is 16.5. The van der Waals surface area contributed by atoms with Crippen LogP contribution in [0, 0.1) is 0 Å². The number of benzene rings is 1. The number of methoxy groups -OCH3 is 2. The highest BCUT2D eigenvalue weighted by Crippen LogP contribution is 2.31. The minimum absolute atomic E-state index is 0.0985. The molecule has 0 saturated heterocycles. The molecule has 5 nitrogen and oxygen atoms in total. The summed E-state index contributed by atoms with van der Waals surface area (Å²) in [6.45, 7) is 0. The van der Waals surface area contributed by atoms with E-state index < -0.39 is 0 Å². The molecular formula is C16H24N2O3. The van der Waals surface area contributed by atoms with Crippen molar-refractivity contribution in [3.8, 4) is 11.5 Å². The minimum Gasteiger partial charge on any atom is -0.493 e. The summed E-state index contributed by atoms with van der Waals surface area (Å²) in [5.74, 6) is 0.962. The van der Waals surface area contributed by atoms with Gasteiger partial charge < -0.3 is 20.1 Å². The zero-order chi connectivity index (χ0) is 15.2. The molecule has 1 aliphatic carbocycles. The van der Waals surface area contributed by atoms with Gasteiger partial charge in [-0.3, -0.25) is 4.79 Å². The fourth-order valence-corrected chi connectivity index (χ4v) is 2.86. The number of nitrogens with one attached hydrogen (secondary N) is 2. The van der Waals surface area contributed by atoms with Gasteiger partial charge >= 0.3 is 0 Å². The fourth-order valence-electron chi connectivity index (χ4n) is 2.86. The maximum Gasteiger partial charge on any atom is 0.255 e. The lowest BCUT2D eigenvalue weighted by atomic mass is 9.91. The van der Waals surface area contributed by atoms with E-state index in [1.54, 1.807) is 32.4 Å². The van der Waals surface area contributed by atoms with Gasteiger partial charge in [0.2, 0.25) is 0 Å². The third kappa shape index (κ3) is 3.67. The van der Waals surface area contributed by atoms with E-state index in [0.717, 1.165) is 25.7 Å². The van der Waals surface area contributed by atoms with Gasteiger partial charge in [-0.2, -0.15) is 0 Å². The first-order valence-electron chi connectivity index (χ1n) is 7.38. The number of amides is 1. The Hall–Kier alpha value is -1.75. The number of ether oxygens (including phenoxy) is 2. The second kappa shape index (κ2) is 7.31. The van der Waals surface area contributed by atoms with Crippen molar-refractivity contribution in [1.29, 1.82) is 0 Å². The average Bonchev–Trinajstić information content (AvgIpc) is 2.54. The molecule has 0 aromatic heterocycles. The van der Waals surface area contributed by atoms with Crippen LogP contribution >= 0.6 is 0 Å². The highest BCUT2D eigenvalue weighted by molar-refractivity contribution is 5.98. The van der Waals surface area contributed by atoms with Crippen LogP contribution in [0.15, 0.2) is 18.2 Å². The third-order valence-corrected chi connectivity index (χ3v) is 4.12.